The van der Waals surface area contributed by atoms with Crippen molar-refractivity contribution in [2.75, 3.05) is 12.8 Å². The number of nitrogens with two attached hydrogens (primary N) is 1. The minimum atomic E-state index is -6.78. The van der Waals surface area contributed by atoms with Gasteiger partial charge in [-0.15, -0.1) is 0 Å². The molecule has 22 heavy (non-hydrogen) atoms. The van der Waals surface area contributed by atoms with Gasteiger partial charge in [-0.25, -0.2) is 8.42 Å². The summed E-state index contributed by atoms with van der Waals surface area (Å²) >= 11 is 0. The number of rotatable bonds is 4. The molecule has 0 aliphatic heterocycles. The molecule has 0 saturated carbocycles. The van der Waals surface area contributed by atoms with Crippen LogP contribution in [-0.4, -0.2) is 32.9 Å². The Hall–Kier alpha value is -1.72. The second kappa shape index (κ2) is 5.18. The minimum absolute atomic E-state index is 0.176. The first-order valence-electron chi connectivity index (χ1n) is 5.20. The Morgan fingerprint density at radius 3 is 1.91 bits per heavy atom. The van der Waals surface area contributed by atoms with E-state index in [0.717, 1.165) is 13.2 Å². The van der Waals surface area contributed by atoms with Crippen LogP contribution in [0.4, 0.5) is 36.4 Å². The Balaban J connectivity index is 3.49. The standard InChI is InChI=1S/C10H8F7NO3S/c1-21-7-3-2-5(4-6(7)18)22(19,20)10(16,17)8(11,12)9(13,14)15/h2-4H,18H2,1H3. The molecule has 0 aliphatic rings. The maximum absolute atomic E-state index is 13.3. The molecule has 0 unspecified atom stereocenters. The van der Waals surface area contributed by atoms with Crippen LogP contribution < -0.4 is 10.5 Å². The van der Waals surface area contributed by atoms with Gasteiger partial charge in [0.15, 0.2) is 0 Å². The highest BCUT2D eigenvalue weighted by Gasteiger charge is 2.78. The third kappa shape index (κ3) is 2.55. The lowest BCUT2D eigenvalue weighted by Crippen LogP contribution is -2.55. The Morgan fingerprint density at radius 1 is 1.05 bits per heavy atom. The lowest BCUT2D eigenvalue weighted by Gasteiger charge is -2.27. The molecule has 0 heterocycles. The molecule has 1 aromatic rings. The first-order chi connectivity index (χ1) is 9.70. The van der Waals surface area contributed by atoms with E-state index in [1.54, 1.807) is 0 Å². The average molecular weight is 355 g/mol. The molecular formula is C10H8F7NO3S. The van der Waals surface area contributed by atoms with E-state index in [1.165, 1.54) is 0 Å². The largest absolute Gasteiger partial charge is 0.495 e. The summed E-state index contributed by atoms with van der Waals surface area (Å²) in [5.74, 6) is -6.96. The molecule has 0 radical (unpaired) electrons. The van der Waals surface area contributed by atoms with E-state index in [2.05, 4.69) is 4.74 Å². The molecule has 0 spiro atoms. The molecule has 0 saturated heterocycles. The number of hydrogen-bond acceptors (Lipinski definition) is 4. The Labute approximate surface area is 119 Å². The molecule has 0 atom stereocenters. The average Bonchev–Trinajstić information content (AvgIpc) is 2.36. The normalized spacial score (nSPS) is 14.0. The van der Waals surface area contributed by atoms with Gasteiger partial charge >= 0.3 is 17.4 Å². The van der Waals surface area contributed by atoms with Crippen molar-refractivity contribution in [3.8, 4) is 5.75 Å². The van der Waals surface area contributed by atoms with Crippen LogP contribution in [0.5, 0.6) is 5.75 Å². The van der Waals surface area contributed by atoms with Crippen LogP contribution in [0.25, 0.3) is 0 Å². The van der Waals surface area contributed by atoms with Crippen molar-refractivity contribution in [1.29, 1.82) is 0 Å². The Bertz CT molecular complexity index is 670. The molecule has 2 N–H and O–H groups in total. The summed E-state index contributed by atoms with van der Waals surface area (Å²) in [5, 5.41) is -6.42. The lowest BCUT2D eigenvalue weighted by molar-refractivity contribution is -0.332. The SMILES string of the molecule is COc1ccc(S(=O)(=O)C(F)(F)C(F)(F)C(F)(F)F)cc1N. The van der Waals surface area contributed by atoms with Crippen molar-refractivity contribution < 1.29 is 43.9 Å². The van der Waals surface area contributed by atoms with Gasteiger partial charge in [0, 0.05) is 0 Å². The van der Waals surface area contributed by atoms with E-state index in [4.69, 9.17) is 5.73 Å². The summed E-state index contributed by atoms with van der Waals surface area (Å²) in [5.41, 5.74) is 4.69. The summed E-state index contributed by atoms with van der Waals surface area (Å²) in [6, 6.07) is 1.42. The fourth-order valence-corrected chi connectivity index (χ4v) is 2.64. The second-order valence-electron chi connectivity index (χ2n) is 4.00. The molecule has 0 amide bonds. The van der Waals surface area contributed by atoms with Gasteiger partial charge in [-0.1, -0.05) is 0 Å². The van der Waals surface area contributed by atoms with E-state index in [1.807, 2.05) is 0 Å². The summed E-state index contributed by atoms with van der Waals surface area (Å²) in [6.45, 7) is 0. The van der Waals surface area contributed by atoms with E-state index >= 15 is 0 Å². The van der Waals surface area contributed by atoms with E-state index in [9.17, 15) is 39.2 Å². The van der Waals surface area contributed by atoms with Gasteiger partial charge in [0.2, 0.25) is 9.84 Å². The number of benzene rings is 1. The maximum Gasteiger partial charge on any atom is 0.461 e. The fourth-order valence-electron chi connectivity index (χ4n) is 1.36. The zero-order chi connectivity index (χ0) is 17.6. The van der Waals surface area contributed by atoms with Crippen molar-refractivity contribution in [2.24, 2.45) is 0 Å². The molecule has 126 valence electrons. The quantitative estimate of drug-likeness (QED) is 0.666. The second-order valence-corrected chi connectivity index (χ2v) is 5.99. The van der Waals surface area contributed by atoms with Crippen molar-refractivity contribution >= 4 is 15.5 Å². The topological polar surface area (TPSA) is 69.4 Å². The van der Waals surface area contributed by atoms with Crippen LogP contribution in [0.2, 0.25) is 0 Å². The predicted molar refractivity (Wildman–Crippen MR) is 60.5 cm³/mol. The zero-order valence-electron chi connectivity index (χ0n) is 10.6. The van der Waals surface area contributed by atoms with Gasteiger partial charge in [-0.2, -0.15) is 30.7 Å². The third-order valence-electron chi connectivity index (χ3n) is 2.57. The molecule has 1 aromatic carbocycles. The minimum Gasteiger partial charge on any atom is -0.495 e. The van der Waals surface area contributed by atoms with Crippen molar-refractivity contribution in [1.82, 2.24) is 0 Å². The summed E-state index contributed by atoms with van der Waals surface area (Å²) < 4.78 is 116. The molecule has 0 fully saturated rings. The fraction of sp³-hybridized carbons (Fsp3) is 0.400. The zero-order valence-corrected chi connectivity index (χ0v) is 11.4. The molecule has 0 bridgehead atoms. The van der Waals surface area contributed by atoms with Crippen LogP contribution >= 0.6 is 0 Å². The van der Waals surface area contributed by atoms with Gasteiger partial charge < -0.3 is 10.5 Å². The Kier molecular flexibility index (Phi) is 4.31. The van der Waals surface area contributed by atoms with Crippen LogP contribution in [0.15, 0.2) is 23.1 Å². The Morgan fingerprint density at radius 2 is 1.55 bits per heavy atom. The number of halogens is 7. The number of alkyl halides is 7. The maximum atomic E-state index is 13.3. The summed E-state index contributed by atoms with van der Waals surface area (Å²) in [4.78, 5) is -1.50. The molecule has 12 heteroatoms. The number of methoxy groups -OCH3 is 1. The van der Waals surface area contributed by atoms with E-state index < -0.39 is 37.8 Å². The number of ether oxygens (including phenoxy) is 1. The lowest BCUT2D eigenvalue weighted by atomic mass is 10.3. The van der Waals surface area contributed by atoms with Gasteiger partial charge in [-0.05, 0) is 18.2 Å². The third-order valence-corrected chi connectivity index (χ3v) is 4.38. The number of hydrogen-bond donors (Lipinski definition) is 1. The van der Waals surface area contributed by atoms with E-state index in [0.29, 0.717) is 12.1 Å². The molecule has 4 nitrogen and oxygen atoms in total. The van der Waals surface area contributed by atoms with Crippen LogP contribution in [0.1, 0.15) is 0 Å². The summed E-state index contributed by atoms with van der Waals surface area (Å²) in [7, 11) is -5.28. The molecule has 0 aliphatic carbocycles. The highest BCUT2D eigenvalue weighted by molar-refractivity contribution is 7.92. The van der Waals surface area contributed by atoms with Gasteiger partial charge in [0.25, 0.3) is 0 Å². The van der Waals surface area contributed by atoms with Crippen molar-refractivity contribution in [2.45, 2.75) is 22.2 Å². The number of nitrogen functional groups attached to an aromatic ring is 1. The highest BCUT2D eigenvalue weighted by atomic mass is 32.2. The highest BCUT2D eigenvalue weighted by Crippen LogP contribution is 2.51. The van der Waals surface area contributed by atoms with Crippen LogP contribution in [0.3, 0.4) is 0 Å². The summed E-state index contributed by atoms with van der Waals surface area (Å²) in [6.07, 6.45) is -6.76. The van der Waals surface area contributed by atoms with E-state index in [-0.39, 0.29) is 5.75 Å². The number of anilines is 1. The number of sulfone groups is 1. The van der Waals surface area contributed by atoms with Crippen molar-refractivity contribution in [3.05, 3.63) is 18.2 Å². The van der Waals surface area contributed by atoms with Crippen molar-refractivity contribution in [3.63, 3.8) is 0 Å². The first-order valence-corrected chi connectivity index (χ1v) is 6.69. The monoisotopic (exact) mass is 355 g/mol. The van der Waals surface area contributed by atoms with Crippen LogP contribution in [-0.2, 0) is 9.84 Å². The smallest absolute Gasteiger partial charge is 0.461 e. The molecular weight excluding hydrogens is 347 g/mol. The first kappa shape index (κ1) is 18.3. The molecule has 1 rings (SSSR count). The van der Waals surface area contributed by atoms with Gasteiger partial charge in [-0.3, -0.25) is 0 Å². The van der Waals surface area contributed by atoms with Gasteiger partial charge in [0.05, 0.1) is 17.7 Å². The predicted octanol–water partition coefficient (Wildman–Crippen LogP) is 2.84. The molecule has 0 aromatic heterocycles. The van der Waals surface area contributed by atoms with Crippen LogP contribution in [0, 0.1) is 0 Å². The van der Waals surface area contributed by atoms with Gasteiger partial charge in [0.1, 0.15) is 5.75 Å².